The third-order valence-corrected chi connectivity index (χ3v) is 3.15. The summed E-state index contributed by atoms with van der Waals surface area (Å²) in [6.45, 7) is 4.25. The fraction of sp³-hybridized carbons (Fsp3) is 0.500. The highest BCUT2D eigenvalue weighted by atomic mass is 15.1. The van der Waals surface area contributed by atoms with Crippen molar-refractivity contribution >= 4 is 11.4 Å². The van der Waals surface area contributed by atoms with Crippen molar-refractivity contribution in [3.05, 3.63) is 23.8 Å². The second-order valence-electron chi connectivity index (χ2n) is 4.78. The van der Waals surface area contributed by atoms with Crippen LogP contribution in [0.1, 0.15) is 31.7 Å². The SMILES string of the molecule is CCCN(CC1CC1)c1ccc(N)cc1C#N. The summed E-state index contributed by atoms with van der Waals surface area (Å²) in [6, 6.07) is 7.87. The zero-order valence-corrected chi connectivity index (χ0v) is 10.3. The molecule has 0 saturated heterocycles. The summed E-state index contributed by atoms with van der Waals surface area (Å²) in [7, 11) is 0. The van der Waals surface area contributed by atoms with Crippen molar-refractivity contribution in [1.29, 1.82) is 5.26 Å². The maximum absolute atomic E-state index is 9.18. The molecule has 1 aromatic carbocycles. The molecule has 1 fully saturated rings. The molecule has 3 nitrogen and oxygen atoms in total. The normalized spacial score (nSPS) is 14.4. The van der Waals surface area contributed by atoms with Gasteiger partial charge in [-0.25, -0.2) is 0 Å². The molecule has 1 aromatic rings. The molecular weight excluding hydrogens is 210 g/mol. The van der Waals surface area contributed by atoms with Gasteiger partial charge >= 0.3 is 0 Å². The fourth-order valence-corrected chi connectivity index (χ4v) is 2.11. The van der Waals surface area contributed by atoms with Gasteiger partial charge in [-0.1, -0.05) is 6.92 Å². The van der Waals surface area contributed by atoms with Crippen molar-refractivity contribution < 1.29 is 0 Å². The maximum atomic E-state index is 9.18. The Morgan fingerprint density at radius 2 is 2.24 bits per heavy atom. The first-order valence-electron chi connectivity index (χ1n) is 6.29. The molecule has 0 heterocycles. The average molecular weight is 229 g/mol. The Labute approximate surface area is 103 Å². The van der Waals surface area contributed by atoms with Gasteiger partial charge in [0.1, 0.15) is 6.07 Å². The van der Waals surface area contributed by atoms with E-state index < -0.39 is 0 Å². The van der Waals surface area contributed by atoms with E-state index in [1.165, 1.54) is 12.8 Å². The number of anilines is 2. The summed E-state index contributed by atoms with van der Waals surface area (Å²) in [5.74, 6) is 0.825. The molecule has 0 atom stereocenters. The first-order valence-corrected chi connectivity index (χ1v) is 6.29. The molecule has 0 aromatic heterocycles. The van der Waals surface area contributed by atoms with Crippen molar-refractivity contribution in [2.75, 3.05) is 23.7 Å². The largest absolute Gasteiger partial charge is 0.399 e. The van der Waals surface area contributed by atoms with Crippen molar-refractivity contribution in [3.63, 3.8) is 0 Å². The lowest BCUT2D eigenvalue weighted by Crippen LogP contribution is -2.27. The first-order chi connectivity index (χ1) is 8.24. The molecule has 0 aliphatic heterocycles. The minimum absolute atomic E-state index is 0.660. The highest BCUT2D eigenvalue weighted by molar-refractivity contribution is 5.64. The zero-order valence-electron chi connectivity index (χ0n) is 10.3. The predicted molar refractivity (Wildman–Crippen MR) is 70.8 cm³/mol. The highest BCUT2D eigenvalue weighted by Crippen LogP contribution is 2.32. The third kappa shape index (κ3) is 2.91. The van der Waals surface area contributed by atoms with Crippen LogP contribution in [0.3, 0.4) is 0 Å². The smallest absolute Gasteiger partial charge is 0.101 e. The number of rotatable bonds is 5. The molecule has 1 saturated carbocycles. The summed E-state index contributed by atoms with van der Waals surface area (Å²) in [5, 5.41) is 9.18. The number of nitrogen functional groups attached to an aromatic ring is 1. The van der Waals surface area contributed by atoms with Crippen LogP contribution in [0.25, 0.3) is 0 Å². The van der Waals surface area contributed by atoms with Gasteiger partial charge in [0.05, 0.1) is 11.3 Å². The van der Waals surface area contributed by atoms with Crippen LogP contribution in [-0.2, 0) is 0 Å². The minimum Gasteiger partial charge on any atom is -0.399 e. The second-order valence-corrected chi connectivity index (χ2v) is 4.78. The Hall–Kier alpha value is -1.69. The van der Waals surface area contributed by atoms with E-state index in [0.717, 1.165) is 31.1 Å². The quantitative estimate of drug-likeness (QED) is 0.790. The van der Waals surface area contributed by atoms with Gasteiger partial charge in [-0.3, -0.25) is 0 Å². The zero-order chi connectivity index (χ0) is 12.3. The lowest BCUT2D eigenvalue weighted by atomic mass is 10.1. The number of benzene rings is 1. The minimum atomic E-state index is 0.660. The number of nitrogens with two attached hydrogens (primary N) is 1. The summed E-state index contributed by atoms with van der Waals surface area (Å²) in [4.78, 5) is 2.33. The number of hydrogen-bond acceptors (Lipinski definition) is 3. The van der Waals surface area contributed by atoms with Crippen LogP contribution >= 0.6 is 0 Å². The molecule has 2 N–H and O–H groups in total. The molecule has 3 heteroatoms. The topological polar surface area (TPSA) is 53.0 Å². The van der Waals surface area contributed by atoms with Crippen LogP contribution in [-0.4, -0.2) is 13.1 Å². The van der Waals surface area contributed by atoms with Crippen LogP contribution < -0.4 is 10.6 Å². The molecule has 0 bridgehead atoms. The van der Waals surface area contributed by atoms with Gasteiger partial charge in [0.15, 0.2) is 0 Å². The van der Waals surface area contributed by atoms with Gasteiger partial charge in [0.25, 0.3) is 0 Å². The maximum Gasteiger partial charge on any atom is 0.101 e. The average Bonchev–Trinajstić information content (AvgIpc) is 3.12. The van der Waals surface area contributed by atoms with E-state index >= 15 is 0 Å². The molecule has 2 rings (SSSR count). The lowest BCUT2D eigenvalue weighted by molar-refractivity contribution is 0.707. The monoisotopic (exact) mass is 229 g/mol. The standard InChI is InChI=1S/C14H19N3/c1-2-7-17(10-11-3-4-11)14-6-5-13(16)8-12(14)9-15/h5-6,8,11H,2-4,7,10,16H2,1H3. The molecule has 0 unspecified atom stereocenters. The van der Waals surface area contributed by atoms with Gasteiger partial charge in [-0.2, -0.15) is 5.26 Å². The third-order valence-electron chi connectivity index (χ3n) is 3.15. The summed E-state index contributed by atoms with van der Waals surface area (Å²) in [5.41, 5.74) is 8.11. The first kappa shape index (κ1) is 11.8. The van der Waals surface area contributed by atoms with Crippen molar-refractivity contribution in [2.24, 2.45) is 5.92 Å². The van der Waals surface area contributed by atoms with Gasteiger partial charge in [0.2, 0.25) is 0 Å². The van der Waals surface area contributed by atoms with Gasteiger partial charge in [-0.15, -0.1) is 0 Å². The second kappa shape index (κ2) is 5.09. The van der Waals surface area contributed by atoms with Crippen LogP contribution in [0.4, 0.5) is 11.4 Å². The van der Waals surface area contributed by atoms with E-state index in [1.54, 1.807) is 6.07 Å². The Morgan fingerprint density at radius 3 is 2.82 bits per heavy atom. The summed E-state index contributed by atoms with van der Waals surface area (Å²) < 4.78 is 0. The van der Waals surface area contributed by atoms with E-state index in [9.17, 15) is 5.26 Å². The molecule has 0 amide bonds. The van der Waals surface area contributed by atoms with Crippen LogP contribution in [0.5, 0.6) is 0 Å². The fourth-order valence-electron chi connectivity index (χ4n) is 2.11. The van der Waals surface area contributed by atoms with Crippen LogP contribution in [0.2, 0.25) is 0 Å². The molecule has 17 heavy (non-hydrogen) atoms. The van der Waals surface area contributed by atoms with Gasteiger partial charge in [-0.05, 0) is 43.4 Å². The van der Waals surface area contributed by atoms with Gasteiger partial charge < -0.3 is 10.6 Å². The summed E-state index contributed by atoms with van der Waals surface area (Å²) in [6.07, 6.45) is 3.76. The van der Waals surface area contributed by atoms with E-state index in [4.69, 9.17) is 5.73 Å². The highest BCUT2D eigenvalue weighted by Gasteiger charge is 2.25. The summed E-state index contributed by atoms with van der Waals surface area (Å²) >= 11 is 0. The van der Waals surface area contributed by atoms with Crippen LogP contribution in [0, 0.1) is 17.2 Å². The van der Waals surface area contributed by atoms with Crippen LogP contribution in [0.15, 0.2) is 18.2 Å². The van der Waals surface area contributed by atoms with E-state index in [-0.39, 0.29) is 0 Å². The van der Waals surface area contributed by atoms with Crippen molar-refractivity contribution in [3.8, 4) is 6.07 Å². The number of nitriles is 1. The Balaban J connectivity index is 2.24. The van der Waals surface area contributed by atoms with E-state index in [1.807, 2.05) is 12.1 Å². The molecule has 0 spiro atoms. The molecule has 1 aliphatic carbocycles. The van der Waals surface area contributed by atoms with E-state index in [0.29, 0.717) is 11.3 Å². The molecule has 1 aliphatic rings. The lowest BCUT2D eigenvalue weighted by Gasteiger charge is -2.25. The Bertz CT molecular complexity index is 430. The van der Waals surface area contributed by atoms with Gasteiger partial charge in [0, 0.05) is 18.8 Å². The van der Waals surface area contributed by atoms with Crippen molar-refractivity contribution in [2.45, 2.75) is 26.2 Å². The molecular formula is C14H19N3. The Kier molecular flexibility index (Phi) is 3.53. The Morgan fingerprint density at radius 1 is 1.47 bits per heavy atom. The number of hydrogen-bond donors (Lipinski definition) is 1. The molecule has 90 valence electrons. The molecule has 0 radical (unpaired) electrons. The van der Waals surface area contributed by atoms with E-state index in [2.05, 4.69) is 17.9 Å². The number of nitrogens with zero attached hydrogens (tertiary/aromatic N) is 2. The van der Waals surface area contributed by atoms with Crippen molar-refractivity contribution in [1.82, 2.24) is 0 Å². The predicted octanol–water partition coefficient (Wildman–Crippen LogP) is 2.77.